The van der Waals surface area contributed by atoms with Gasteiger partial charge in [0.1, 0.15) is 0 Å². The second kappa shape index (κ2) is 7.48. The van der Waals surface area contributed by atoms with Gasteiger partial charge in [-0.1, -0.05) is 0 Å². The van der Waals surface area contributed by atoms with Gasteiger partial charge in [0.25, 0.3) is 0 Å². The molecule has 18 heavy (non-hydrogen) atoms. The van der Waals surface area contributed by atoms with E-state index < -0.39 is 0 Å². The Labute approximate surface area is 117 Å². The molecular formula is C13H20BrN3O. The van der Waals surface area contributed by atoms with Gasteiger partial charge in [0.05, 0.1) is 12.2 Å². The fourth-order valence-corrected chi connectivity index (χ4v) is 1.97. The SMILES string of the molecule is CCN(CC)C(=O)CN(C)Cc1ccc(Br)cn1. The number of hydrogen-bond donors (Lipinski definition) is 0. The molecule has 100 valence electrons. The molecule has 0 saturated heterocycles. The van der Waals surface area contributed by atoms with Crippen LogP contribution < -0.4 is 0 Å². The molecule has 0 unspecified atom stereocenters. The van der Waals surface area contributed by atoms with Crippen LogP contribution >= 0.6 is 15.9 Å². The van der Waals surface area contributed by atoms with Crippen molar-refractivity contribution in [3.8, 4) is 0 Å². The maximum atomic E-state index is 11.9. The van der Waals surface area contributed by atoms with Crippen molar-refractivity contribution in [1.82, 2.24) is 14.8 Å². The largest absolute Gasteiger partial charge is 0.342 e. The Bertz CT molecular complexity index is 376. The van der Waals surface area contributed by atoms with Crippen molar-refractivity contribution < 1.29 is 4.79 Å². The smallest absolute Gasteiger partial charge is 0.236 e. The summed E-state index contributed by atoms with van der Waals surface area (Å²) < 4.78 is 0.966. The quantitative estimate of drug-likeness (QED) is 0.807. The van der Waals surface area contributed by atoms with Crippen LogP contribution in [0.4, 0.5) is 0 Å². The highest BCUT2D eigenvalue weighted by molar-refractivity contribution is 9.10. The first kappa shape index (κ1) is 15.1. The summed E-state index contributed by atoms with van der Waals surface area (Å²) in [6.45, 7) is 6.63. The van der Waals surface area contributed by atoms with Crippen LogP contribution in [0.25, 0.3) is 0 Å². The van der Waals surface area contributed by atoms with E-state index >= 15 is 0 Å². The molecule has 5 heteroatoms. The monoisotopic (exact) mass is 313 g/mol. The molecule has 1 amide bonds. The van der Waals surface area contributed by atoms with E-state index in [0.717, 1.165) is 23.3 Å². The highest BCUT2D eigenvalue weighted by Gasteiger charge is 2.12. The third kappa shape index (κ3) is 4.74. The molecule has 1 aromatic heterocycles. The summed E-state index contributed by atoms with van der Waals surface area (Å²) in [6, 6.07) is 3.92. The Balaban J connectivity index is 2.48. The number of rotatable bonds is 6. The summed E-state index contributed by atoms with van der Waals surface area (Å²) in [6.07, 6.45) is 1.77. The number of nitrogens with zero attached hydrogens (tertiary/aromatic N) is 3. The number of hydrogen-bond acceptors (Lipinski definition) is 3. The lowest BCUT2D eigenvalue weighted by Gasteiger charge is -2.22. The number of carbonyl (C=O) groups excluding carboxylic acids is 1. The van der Waals surface area contributed by atoms with Crippen LogP contribution in [0, 0.1) is 0 Å². The van der Waals surface area contributed by atoms with E-state index in [1.807, 2.05) is 42.8 Å². The van der Waals surface area contributed by atoms with E-state index in [-0.39, 0.29) is 5.91 Å². The van der Waals surface area contributed by atoms with E-state index in [1.54, 1.807) is 6.20 Å². The van der Waals surface area contributed by atoms with Crippen molar-refractivity contribution in [3.05, 3.63) is 28.5 Å². The van der Waals surface area contributed by atoms with E-state index in [4.69, 9.17) is 0 Å². The fourth-order valence-electron chi connectivity index (χ4n) is 1.74. The number of amides is 1. The lowest BCUT2D eigenvalue weighted by Crippen LogP contribution is -2.38. The number of likely N-dealkylation sites (N-methyl/N-ethyl adjacent to an activating group) is 2. The second-order valence-corrected chi connectivity index (χ2v) is 5.12. The van der Waals surface area contributed by atoms with Crippen LogP contribution in [0.5, 0.6) is 0 Å². The molecule has 0 N–H and O–H groups in total. The minimum atomic E-state index is 0.166. The third-order valence-electron chi connectivity index (χ3n) is 2.74. The average Bonchev–Trinajstić information content (AvgIpc) is 2.33. The lowest BCUT2D eigenvalue weighted by molar-refractivity contribution is -0.131. The van der Waals surface area contributed by atoms with Crippen molar-refractivity contribution in [2.45, 2.75) is 20.4 Å². The Hall–Kier alpha value is -0.940. The maximum Gasteiger partial charge on any atom is 0.236 e. The topological polar surface area (TPSA) is 36.4 Å². The summed E-state index contributed by atoms with van der Waals surface area (Å²) in [5.41, 5.74) is 0.966. The summed E-state index contributed by atoms with van der Waals surface area (Å²) in [5, 5.41) is 0. The average molecular weight is 314 g/mol. The van der Waals surface area contributed by atoms with Gasteiger partial charge in [-0.2, -0.15) is 0 Å². The number of aromatic nitrogens is 1. The highest BCUT2D eigenvalue weighted by atomic mass is 79.9. The highest BCUT2D eigenvalue weighted by Crippen LogP contribution is 2.08. The molecule has 1 aromatic rings. The van der Waals surface area contributed by atoms with Crippen LogP contribution in [0.1, 0.15) is 19.5 Å². The van der Waals surface area contributed by atoms with E-state index in [2.05, 4.69) is 20.9 Å². The Morgan fingerprint density at radius 1 is 1.33 bits per heavy atom. The van der Waals surface area contributed by atoms with Gasteiger partial charge in [-0.05, 0) is 49.0 Å². The molecule has 0 radical (unpaired) electrons. The van der Waals surface area contributed by atoms with Gasteiger partial charge in [-0.3, -0.25) is 14.7 Å². The molecule has 0 aliphatic carbocycles. The number of pyridine rings is 1. The fraction of sp³-hybridized carbons (Fsp3) is 0.538. The van der Waals surface area contributed by atoms with Crippen molar-refractivity contribution in [3.63, 3.8) is 0 Å². The molecule has 1 heterocycles. The van der Waals surface area contributed by atoms with Crippen molar-refractivity contribution in [2.24, 2.45) is 0 Å². The van der Waals surface area contributed by atoms with Gasteiger partial charge in [0, 0.05) is 30.3 Å². The van der Waals surface area contributed by atoms with Crippen molar-refractivity contribution in [2.75, 3.05) is 26.7 Å². The standard InChI is InChI=1S/C13H20BrN3O/c1-4-17(5-2)13(18)10-16(3)9-12-7-6-11(14)8-15-12/h6-8H,4-5,9-10H2,1-3H3. The van der Waals surface area contributed by atoms with Crippen LogP contribution in [0.15, 0.2) is 22.8 Å². The molecule has 0 fully saturated rings. The zero-order valence-corrected chi connectivity index (χ0v) is 12.8. The third-order valence-corrected chi connectivity index (χ3v) is 3.21. The molecule has 0 aliphatic rings. The first-order chi connectivity index (χ1) is 8.56. The Kier molecular flexibility index (Phi) is 6.29. The summed E-state index contributed by atoms with van der Waals surface area (Å²) in [4.78, 5) is 20.0. The maximum absolute atomic E-state index is 11.9. The van der Waals surface area contributed by atoms with E-state index in [0.29, 0.717) is 13.1 Å². The number of carbonyl (C=O) groups is 1. The molecule has 1 rings (SSSR count). The first-order valence-electron chi connectivity index (χ1n) is 6.13. The molecule has 0 atom stereocenters. The van der Waals surface area contributed by atoms with Crippen LogP contribution in [0.3, 0.4) is 0 Å². The Morgan fingerprint density at radius 2 is 2.00 bits per heavy atom. The molecule has 0 bridgehead atoms. The summed E-state index contributed by atoms with van der Waals surface area (Å²) >= 11 is 3.35. The molecule has 0 saturated carbocycles. The van der Waals surface area contributed by atoms with Crippen LogP contribution in [-0.2, 0) is 11.3 Å². The van der Waals surface area contributed by atoms with Crippen molar-refractivity contribution >= 4 is 21.8 Å². The predicted octanol–water partition coefficient (Wildman–Crippen LogP) is 2.14. The predicted molar refractivity (Wildman–Crippen MR) is 76.2 cm³/mol. The zero-order valence-electron chi connectivity index (χ0n) is 11.2. The minimum absolute atomic E-state index is 0.166. The normalized spacial score (nSPS) is 10.7. The molecule has 4 nitrogen and oxygen atoms in total. The summed E-state index contributed by atoms with van der Waals surface area (Å²) in [5.74, 6) is 0.166. The molecule has 0 spiro atoms. The minimum Gasteiger partial charge on any atom is -0.342 e. The zero-order chi connectivity index (χ0) is 13.5. The summed E-state index contributed by atoms with van der Waals surface area (Å²) in [7, 11) is 1.94. The molecular weight excluding hydrogens is 294 g/mol. The van der Waals surface area contributed by atoms with E-state index in [1.165, 1.54) is 0 Å². The second-order valence-electron chi connectivity index (χ2n) is 4.21. The van der Waals surface area contributed by atoms with Gasteiger partial charge < -0.3 is 4.90 Å². The van der Waals surface area contributed by atoms with Crippen LogP contribution in [0.2, 0.25) is 0 Å². The molecule has 0 aromatic carbocycles. The van der Waals surface area contributed by atoms with E-state index in [9.17, 15) is 4.79 Å². The van der Waals surface area contributed by atoms with Gasteiger partial charge in [-0.15, -0.1) is 0 Å². The van der Waals surface area contributed by atoms with Crippen LogP contribution in [-0.4, -0.2) is 47.4 Å². The van der Waals surface area contributed by atoms with Gasteiger partial charge >= 0.3 is 0 Å². The van der Waals surface area contributed by atoms with Gasteiger partial charge in [0.15, 0.2) is 0 Å². The lowest BCUT2D eigenvalue weighted by atomic mass is 10.3. The van der Waals surface area contributed by atoms with Crippen molar-refractivity contribution in [1.29, 1.82) is 0 Å². The Morgan fingerprint density at radius 3 is 2.50 bits per heavy atom. The van der Waals surface area contributed by atoms with Gasteiger partial charge in [0.2, 0.25) is 5.91 Å². The van der Waals surface area contributed by atoms with Gasteiger partial charge in [-0.25, -0.2) is 0 Å². The number of halogens is 1. The first-order valence-corrected chi connectivity index (χ1v) is 6.92. The molecule has 0 aliphatic heterocycles.